The van der Waals surface area contributed by atoms with Gasteiger partial charge in [0.05, 0.1) is 18.3 Å². The number of allylic oxidation sites excluding steroid dienone is 6. The van der Waals surface area contributed by atoms with Crippen LogP contribution in [-0.4, -0.2) is 44.7 Å². The number of aliphatic hydroxyl groups is 3. The van der Waals surface area contributed by atoms with Gasteiger partial charge in [-0.15, -0.1) is 0 Å². The van der Waals surface area contributed by atoms with Crippen molar-refractivity contribution in [2.75, 3.05) is 0 Å². The first-order valence-corrected chi connectivity index (χ1v) is 8.91. The number of aliphatic carboxylic acids is 1. The molecule has 0 rings (SSSR count). The van der Waals surface area contributed by atoms with E-state index in [4.69, 9.17) is 5.11 Å². The molecule has 0 saturated heterocycles. The van der Waals surface area contributed by atoms with Crippen LogP contribution in [-0.2, 0) is 4.79 Å². The highest BCUT2D eigenvalue weighted by molar-refractivity contribution is 5.66. The summed E-state index contributed by atoms with van der Waals surface area (Å²) in [4.78, 5) is 10.4. The number of aliphatic hydroxyl groups excluding tert-OH is 3. The summed E-state index contributed by atoms with van der Waals surface area (Å²) in [6.07, 6.45) is 16.0. The van der Waals surface area contributed by atoms with Gasteiger partial charge in [0.25, 0.3) is 0 Å². The third-order valence-electron chi connectivity index (χ3n) is 3.59. The van der Waals surface area contributed by atoms with Crippen LogP contribution in [0.1, 0.15) is 51.9 Å². The first-order valence-electron chi connectivity index (χ1n) is 8.91. The minimum atomic E-state index is -1.01. The molecule has 0 aromatic heterocycles. The third kappa shape index (κ3) is 15.6. The second kappa shape index (κ2) is 15.8. The van der Waals surface area contributed by atoms with Crippen LogP contribution >= 0.6 is 0 Å². The van der Waals surface area contributed by atoms with E-state index in [0.717, 1.165) is 25.7 Å². The Labute approximate surface area is 150 Å². The van der Waals surface area contributed by atoms with Crippen molar-refractivity contribution in [2.45, 2.75) is 70.2 Å². The largest absolute Gasteiger partial charge is 0.481 e. The van der Waals surface area contributed by atoms with Crippen molar-refractivity contribution in [3.63, 3.8) is 0 Å². The van der Waals surface area contributed by atoms with Crippen molar-refractivity contribution >= 4 is 5.97 Å². The van der Waals surface area contributed by atoms with Gasteiger partial charge in [-0.05, 0) is 19.3 Å². The highest BCUT2D eigenvalue weighted by atomic mass is 16.4. The van der Waals surface area contributed by atoms with E-state index in [-0.39, 0.29) is 12.8 Å². The summed E-state index contributed by atoms with van der Waals surface area (Å²) in [6.45, 7) is 2.13. The van der Waals surface area contributed by atoms with Gasteiger partial charge in [0.1, 0.15) is 0 Å². The lowest BCUT2D eigenvalue weighted by Crippen LogP contribution is -2.23. The number of unbranched alkanes of at least 4 members (excludes halogenated alkanes) is 2. The Balaban J connectivity index is 3.97. The minimum Gasteiger partial charge on any atom is -0.481 e. The van der Waals surface area contributed by atoms with Gasteiger partial charge in [0.2, 0.25) is 0 Å². The zero-order chi connectivity index (χ0) is 18.9. The summed E-state index contributed by atoms with van der Waals surface area (Å²) in [5.41, 5.74) is 0. The summed E-state index contributed by atoms with van der Waals surface area (Å²) < 4.78 is 0. The molecule has 5 nitrogen and oxygen atoms in total. The van der Waals surface area contributed by atoms with Gasteiger partial charge in [-0.3, -0.25) is 4.79 Å². The van der Waals surface area contributed by atoms with Crippen LogP contribution in [0.25, 0.3) is 0 Å². The zero-order valence-electron chi connectivity index (χ0n) is 15.0. The number of hydrogen-bond acceptors (Lipinski definition) is 4. The molecular formula is C20H32O5. The maximum absolute atomic E-state index is 10.4. The monoisotopic (exact) mass is 352 g/mol. The summed E-state index contributed by atoms with van der Waals surface area (Å²) in [5.74, 6) is -0.908. The van der Waals surface area contributed by atoms with E-state index >= 15 is 0 Å². The quantitative estimate of drug-likeness (QED) is 0.284. The highest BCUT2D eigenvalue weighted by Gasteiger charge is 2.12. The number of hydrogen-bond donors (Lipinski definition) is 4. The molecule has 0 aliphatic rings. The average Bonchev–Trinajstić information content (AvgIpc) is 2.56. The van der Waals surface area contributed by atoms with Gasteiger partial charge in [-0.25, -0.2) is 0 Å². The van der Waals surface area contributed by atoms with E-state index in [1.54, 1.807) is 36.5 Å². The van der Waals surface area contributed by atoms with E-state index in [1.165, 1.54) is 6.08 Å². The number of rotatable bonds is 14. The van der Waals surface area contributed by atoms with Gasteiger partial charge < -0.3 is 20.4 Å². The molecule has 3 atom stereocenters. The Bertz CT molecular complexity index is 451. The van der Waals surface area contributed by atoms with Gasteiger partial charge in [-0.1, -0.05) is 74.8 Å². The molecular weight excluding hydrogens is 320 g/mol. The lowest BCUT2D eigenvalue weighted by Gasteiger charge is -2.13. The van der Waals surface area contributed by atoms with Crippen LogP contribution in [0.15, 0.2) is 48.6 Å². The molecule has 25 heavy (non-hydrogen) atoms. The van der Waals surface area contributed by atoms with E-state index < -0.39 is 24.3 Å². The molecule has 0 aromatic rings. The summed E-state index contributed by atoms with van der Waals surface area (Å²) in [6, 6.07) is 0. The van der Waals surface area contributed by atoms with Crippen LogP contribution in [0, 0.1) is 0 Å². The number of carboxylic acid groups (broad SMARTS) is 1. The highest BCUT2D eigenvalue weighted by Crippen LogP contribution is 2.06. The summed E-state index contributed by atoms with van der Waals surface area (Å²) in [7, 11) is 0. The average molecular weight is 352 g/mol. The second-order valence-corrected chi connectivity index (χ2v) is 5.95. The smallest absolute Gasteiger partial charge is 0.303 e. The van der Waals surface area contributed by atoms with Gasteiger partial charge in [-0.2, -0.15) is 0 Å². The zero-order valence-corrected chi connectivity index (χ0v) is 15.0. The lowest BCUT2D eigenvalue weighted by atomic mass is 10.1. The molecule has 0 fully saturated rings. The molecule has 142 valence electrons. The molecule has 0 spiro atoms. The van der Waals surface area contributed by atoms with Crippen molar-refractivity contribution in [2.24, 2.45) is 0 Å². The van der Waals surface area contributed by atoms with Crippen LogP contribution in [0.3, 0.4) is 0 Å². The molecule has 0 amide bonds. The Morgan fingerprint density at radius 2 is 1.44 bits per heavy atom. The lowest BCUT2D eigenvalue weighted by molar-refractivity contribution is -0.137. The second-order valence-electron chi connectivity index (χ2n) is 5.95. The molecule has 0 unspecified atom stereocenters. The fourth-order valence-corrected chi connectivity index (χ4v) is 2.09. The van der Waals surface area contributed by atoms with E-state index in [2.05, 4.69) is 6.92 Å². The summed E-state index contributed by atoms with van der Waals surface area (Å²) >= 11 is 0. The Morgan fingerprint density at radius 1 is 0.840 bits per heavy atom. The molecule has 0 aliphatic heterocycles. The van der Waals surface area contributed by atoms with E-state index in [0.29, 0.717) is 6.42 Å². The van der Waals surface area contributed by atoms with Crippen LogP contribution in [0.4, 0.5) is 0 Å². The standard InChI is InChI=1S/C20H32O5/c1-2-3-8-12-17(21)13-9-6-4-5-7-10-14-18(22)19(23)15-11-16-20(24)25/h4-7,9-10,13-14,17-19,21-23H,2-3,8,11-12,15-16H2,1H3,(H,24,25)/t17-,18-,19-/m0/s1. The molecule has 0 radical (unpaired) electrons. The fraction of sp³-hybridized carbons (Fsp3) is 0.550. The van der Waals surface area contributed by atoms with Crippen molar-refractivity contribution < 1.29 is 25.2 Å². The molecule has 0 aliphatic carbocycles. The molecule has 0 heterocycles. The SMILES string of the molecule is CCCCC[C@H](O)C=CC=CC=CC=C[C@H](O)[C@@H](O)CCCC(=O)O. The van der Waals surface area contributed by atoms with Gasteiger partial charge >= 0.3 is 5.97 Å². The Kier molecular flexibility index (Phi) is 14.7. The summed E-state index contributed by atoms with van der Waals surface area (Å²) in [5, 5.41) is 37.6. The molecule has 5 heteroatoms. The molecule has 4 N–H and O–H groups in total. The van der Waals surface area contributed by atoms with Crippen LogP contribution in [0.2, 0.25) is 0 Å². The predicted molar refractivity (Wildman–Crippen MR) is 100 cm³/mol. The van der Waals surface area contributed by atoms with Crippen LogP contribution < -0.4 is 0 Å². The van der Waals surface area contributed by atoms with Crippen molar-refractivity contribution in [1.82, 2.24) is 0 Å². The van der Waals surface area contributed by atoms with Gasteiger partial charge in [0, 0.05) is 6.42 Å². The number of carboxylic acids is 1. The number of carbonyl (C=O) groups is 1. The third-order valence-corrected chi connectivity index (χ3v) is 3.59. The molecule has 0 saturated carbocycles. The first kappa shape index (κ1) is 23.3. The first-order chi connectivity index (χ1) is 12.0. The Hall–Kier alpha value is -1.69. The molecule has 0 bridgehead atoms. The maximum Gasteiger partial charge on any atom is 0.303 e. The fourth-order valence-electron chi connectivity index (χ4n) is 2.09. The van der Waals surface area contributed by atoms with Crippen LogP contribution in [0.5, 0.6) is 0 Å². The maximum atomic E-state index is 10.4. The predicted octanol–water partition coefficient (Wildman–Crippen LogP) is 3.13. The van der Waals surface area contributed by atoms with Crippen molar-refractivity contribution in [1.29, 1.82) is 0 Å². The normalized spacial score (nSPS) is 16.3. The minimum absolute atomic E-state index is 0.0149. The van der Waals surface area contributed by atoms with Crippen molar-refractivity contribution in [3.8, 4) is 0 Å². The van der Waals surface area contributed by atoms with Crippen molar-refractivity contribution in [3.05, 3.63) is 48.6 Å². The van der Waals surface area contributed by atoms with Gasteiger partial charge in [0.15, 0.2) is 0 Å². The van der Waals surface area contributed by atoms with E-state index in [1.807, 2.05) is 6.08 Å². The topological polar surface area (TPSA) is 98.0 Å². The van der Waals surface area contributed by atoms with E-state index in [9.17, 15) is 20.1 Å². The molecule has 0 aromatic carbocycles. The Morgan fingerprint density at radius 3 is 2.04 bits per heavy atom.